The molecule has 4 fully saturated rings. The summed E-state index contributed by atoms with van der Waals surface area (Å²) >= 11 is 1.50. The number of amidine groups is 2. The van der Waals surface area contributed by atoms with Crippen LogP contribution in [-0.4, -0.2) is 31.5 Å². The molecule has 1 aromatic carbocycles. The Morgan fingerprint density at radius 3 is 2.44 bits per heavy atom. The van der Waals surface area contributed by atoms with Crippen molar-refractivity contribution in [1.82, 2.24) is 9.58 Å². The molecule has 3 heterocycles. The standard InChI is InChI=1S/C28H28FN5OS/c1-15-7-20(16(2)33(15)23-6-4-3-5-22(23)29)11-21-24(30)34-27(31-25(21)35)36-26(32-34)28-12-17-8-18(13-28)10-19(9-17)14-28/h3-7,11,17-19,30H,8-10,12-14H2,1-2H3. The number of thioether (sulfide) groups is 1. The van der Waals surface area contributed by atoms with E-state index in [4.69, 9.17) is 10.5 Å². The summed E-state index contributed by atoms with van der Waals surface area (Å²) in [5.41, 5.74) is 3.18. The highest BCUT2D eigenvalue weighted by molar-refractivity contribution is 8.27. The highest BCUT2D eigenvalue weighted by Gasteiger charge is 2.55. The van der Waals surface area contributed by atoms with Crippen molar-refractivity contribution >= 4 is 39.8 Å². The van der Waals surface area contributed by atoms with Crippen LogP contribution in [0, 0.1) is 48.2 Å². The second-order valence-corrected chi connectivity index (χ2v) is 12.2. The van der Waals surface area contributed by atoms with Gasteiger partial charge in [-0.05, 0) is 112 Å². The lowest BCUT2D eigenvalue weighted by Crippen LogP contribution is -2.49. The number of benzene rings is 1. The Balaban J connectivity index is 1.23. The molecule has 184 valence electrons. The molecule has 4 aliphatic carbocycles. The van der Waals surface area contributed by atoms with Crippen molar-refractivity contribution in [3.8, 4) is 5.69 Å². The number of carbonyl (C=O) groups excluding carboxylic acids is 1. The third-order valence-electron chi connectivity index (χ3n) is 8.81. The number of hydrogen-bond donors (Lipinski definition) is 1. The number of aryl methyl sites for hydroxylation is 1. The summed E-state index contributed by atoms with van der Waals surface area (Å²) in [4.78, 5) is 17.4. The van der Waals surface area contributed by atoms with Crippen molar-refractivity contribution in [1.29, 1.82) is 5.41 Å². The minimum Gasteiger partial charge on any atom is -0.315 e. The Labute approximate surface area is 213 Å². The first-order chi connectivity index (χ1) is 17.3. The zero-order valence-corrected chi connectivity index (χ0v) is 21.2. The van der Waals surface area contributed by atoms with Crippen LogP contribution in [0.25, 0.3) is 11.8 Å². The fraction of sp³-hybridized carbons (Fsp3) is 0.429. The smallest absolute Gasteiger partial charge is 0.283 e. The van der Waals surface area contributed by atoms with E-state index in [0.717, 1.165) is 39.7 Å². The molecular weight excluding hydrogens is 473 g/mol. The van der Waals surface area contributed by atoms with Crippen LogP contribution in [0.15, 0.2) is 46.0 Å². The molecule has 0 atom stereocenters. The normalized spacial score (nSPS) is 31.8. The molecule has 6 nitrogen and oxygen atoms in total. The maximum atomic E-state index is 14.5. The van der Waals surface area contributed by atoms with E-state index in [0.29, 0.717) is 10.9 Å². The summed E-state index contributed by atoms with van der Waals surface area (Å²) in [6.07, 6.45) is 9.30. The zero-order valence-electron chi connectivity index (χ0n) is 20.4. The molecule has 0 spiro atoms. The Kier molecular flexibility index (Phi) is 4.78. The van der Waals surface area contributed by atoms with Crippen LogP contribution >= 0.6 is 11.8 Å². The van der Waals surface area contributed by atoms with Gasteiger partial charge in [0.1, 0.15) is 10.9 Å². The molecule has 8 heteroatoms. The molecule has 1 N–H and O–H groups in total. The van der Waals surface area contributed by atoms with Gasteiger partial charge in [0.25, 0.3) is 5.91 Å². The molecule has 36 heavy (non-hydrogen) atoms. The number of rotatable bonds is 3. The molecule has 1 amide bonds. The van der Waals surface area contributed by atoms with Gasteiger partial charge in [-0.3, -0.25) is 10.2 Å². The van der Waals surface area contributed by atoms with Gasteiger partial charge in [-0.25, -0.2) is 4.39 Å². The lowest BCUT2D eigenvalue weighted by atomic mass is 9.50. The maximum absolute atomic E-state index is 14.5. The van der Waals surface area contributed by atoms with Gasteiger partial charge in [0.05, 0.1) is 11.3 Å². The van der Waals surface area contributed by atoms with Crippen molar-refractivity contribution in [2.45, 2.75) is 52.4 Å². The Morgan fingerprint density at radius 2 is 1.78 bits per heavy atom. The summed E-state index contributed by atoms with van der Waals surface area (Å²) in [6.45, 7) is 3.80. The number of nitrogens with zero attached hydrogens (tertiary/aromatic N) is 4. The number of para-hydroxylation sites is 1. The number of fused-ring (bicyclic) bond motifs is 1. The first-order valence-corrected chi connectivity index (χ1v) is 13.6. The predicted molar refractivity (Wildman–Crippen MR) is 141 cm³/mol. The monoisotopic (exact) mass is 501 g/mol. The van der Waals surface area contributed by atoms with E-state index in [-0.39, 0.29) is 22.6 Å². The van der Waals surface area contributed by atoms with Crippen molar-refractivity contribution in [2.75, 3.05) is 0 Å². The van der Waals surface area contributed by atoms with Crippen molar-refractivity contribution in [3.05, 3.63) is 58.7 Å². The van der Waals surface area contributed by atoms with Crippen molar-refractivity contribution in [3.63, 3.8) is 0 Å². The van der Waals surface area contributed by atoms with E-state index in [2.05, 4.69) is 4.99 Å². The summed E-state index contributed by atoms with van der Waals surface area (Å²) in [7, 11) is 0. The SMILES string of the molecule is Cc1cc(C=C2C(=N)N3N=C(C45CC6CC(CC(C6)C4)C5)SC3=NC2=O)c(C)n1-c1ccccc1F. The predicted octanol–water partition coefficient (Wildman–Crippen LogP) is 6.07. The molecular formula is C28H28FN5OS. The van der Waals surface area contributed by atoms with Crippen LogP contribution in [0.2, 0.25) is 0 Å². The molecule has 4 saturated carbocycles. The summed E-state index contributed by atoms with van der Waals surface area (Å²) in [6, 6.07) is 8.56. The van der Waals surface area contributed by atoms with Crippen LogP contribution in [0.4, 0.5) is 4.39 Å². The molecule has 0 saturated heterocycles. The van der Waals surface area contributed by atoms with Crippen LogP contribution in [0.1, 0.15) is 55.5 Å². The van der Waals surface area contributed by atoms with Crippen molar-refractivity contribution < 1.29 is 9.18 Å². The van der Waals surface area contributed by atoms with Gasteiger partial charge in [0.2, 0.25) is 5.17 Å². The molecule has 8 rings (SSSR count). The number of halogens is 1. The maximum Gasteiger partial charge on any atom is 0.283 e. The number of nitrogens with one attached hydrogen (secondary N) is 1. The van der Waals surface area contributed by atoms with Gasteiger partial charge >= 0.3 is 0 Å². The average Bonchev–Trinajstić information content (AvgIpc) is 3.37. The van der Waals surface area contributed by atoms with Gasteiger partial charge in [-0.2, -0.15) is 15.1 Å². The lowest BCUT2D eigenvalue weighted by Gasteiger charge is -2.56. The number of amides is 1. The van der Waals surface area contributed by atoms with Crippen LogP contribution in [-0.2, 0) is 4.79 Å². The summed E-state index contributed by atoms with van der Waals surface area (Å²) in [5, 5.41) is 16.9. The third kappa shape index (κ3) is 3.23. The van der Waals surface area contributed by atoms with Gasteiger partial charge < -0.3 is 4.57 Å². The van der Waals surface area contributed by atoms with E-state index in [1.807, 2.05) is 24.5 Å². The Hall–Kier alpha value is -3.00. The van der Waals surface area contributed by atoms with E-state index in [1.165, 1.54) is 56.4 Å². The molecule has 0 radical (unpaired) electrons. The molecule has 2 aromatic rings. The highest BCUT2D eigenvalue weighted by Crippen LogP contribution is 2.62. The summed E-state index contributed by atoms with van der Waals surface area (Å²) < 4.78 is 16.3. The first kappa shape index (κ1) is 22.2. The van der Waals surface area contributed by atoms with E-state index >= 15 is 0 Å². The van der Waals surface area contributed by atoms with Crippen LogP contribution in [0.3, 0.4) is 0 Å². The van der Waals surface area contributed by atoms with E-state index < -0.39 is 5.91 Å². The minimum absolute atomic E-state index is 0.0629. The quantitative estimate of drug-likeness (QED) is 0.519. The number of aromatic nitrogens is 1. The zero-order chi connectivity index (χ0) is 24.8. The number of hydrazone groups is 1. The lowest BCUT2D eigenvalue weighted by molar-refractivity contribution is -0.114. The van der Waals surface area contributed by atoms with Crippen molar-refractivity contribution in [2.24, 2.45) is 33.3 Å². The highest BCUT2D eigenvalue weighted by atomic mass is 32.2. The minimum atomic E-state index is -0.420. The van der Waals surface area contributed by atoms with Gasteiger partial charge in [-0.1, -0.05) is 12.1 Å². The largest absolute Gasteiger partial charge is 0.315 e. The second kappa shape index (κ2) is 7.75. The molecule has 4 bridgehead atoms. The van der Waals surface area contributed by atoms with E-state index in [1.54, 1.807) is 29.3 Å². The topological polar surface area (TPSA) is 73.8 Å². The molecule has 2 aliphatic heterocycles. The molecule has 1 aromatic heterocycles. The van der Waals surface area contributed by atoms with Crippen LogP contribution < -0.4 is 0 Å². The average molecular weight is 502 g/mol. The molecule has 0 unspecified atom stereocenters. The fourth-order valence-corrected chi connectivity index (χ4v) is 8.78. The number of hydrogen-bond acceptors (Lipinski definition) is 4. The summed E-state index contributed by atoms with van der Waals surface area (Å²) in [5.74, 6) is 1.71. The molecule has 6 aliphatic rings. The third-order valence-corrected chi connectivity index (χ3v) is 9.96. The van der Waals surface area contributed by atoms with Crippen LogP contribution in [0.5, 0.6) is 0 Å². The first-order valence-electron chi connectivity index (χ1n) is 12.8. The number of carbonyl (C=O) groups is 1. The second-order valence-electron chi connectivity index (χ2n) is 11.2. The Bertz CT molecular complexity index is 1400. The van der Waals surface area contributed by atoms with Gasteiger partial charge in [0, 0.05) is 16.8 Å². The fourth-order valence-electron chi connectivity index (χ4n) is 7.67. The van der Waals surface area contributed by atoms with Gasteiger partial charge in [-0.15, -0.1) is 0 Å². The Morgan fingerprint density at radius 1 is 1.11 bits per heavy atom. The van der Waals surface area contributed by atoms with E-state index in [9.17, 15) is 9.18 Å². The number of aliphatic imine (C=N–C) groups is 1. The van der Waals surface area contributed by atoms with Gasteiger partial charge in [0.15, 0.2) is 5.84 Å².